The highest BCUT2D eigenvalue weighted by Crippen LogP contribution is 2.15. The van der Waals surface area contributed by atoms with Gasteiger partial charge >= 0.3 is 6.03 Å². The number of anilines is 1. The highest BCUT2D eigenvalue weighted by atomic mass is 35.5. The van der Waals surface area contributed by atoms with Gasteiger partial charge in [0, 0.05) is 23.8 Å². The van der Waals surface area contributed by atoms with Crippen molar-refractivity contribution in [2.45, 2.75) is 26.2 Å². The molecule has 2 amide bonds. The number of amides is 2. The highest BCUT2D eigenvalue weighted by Gasteiger charge is 2.15. The first-order valence-corrected chi connectivity index (χ1v) is 8.04. The van der Waals surface area contributed by atoms with Gasteiger partial charge in [0.2, 0.25) is 0 Å². The summed E-state index contributed by atoms with van der Waals surface area (Å²) in [6.45, 7) is 6.44. The van der Waals surface area contributed by atoms with Crippen molar-refractivity contribution in [2.24, 2.45) is 5.92 Å². The Morgan fingerprint density at radius 2 is 2.33 bits per heavy atom. The van der Waals surface area contributed by atoms with Crippen molar-refractivity contribution in [2.75, 3.05) is 31.5 Å². The summed E-state index contributed by atoms with van der Waals surface area (Å²) in [5.41, 5.74) is 0.713. The number of rotatable bonds is 5. The van der Waals surface area contributed by atoms with E-state index in [2.05, 4.69) is 22.5 Å². The van der Waals surface area contributed by atoms with Gasteiger partial charge in [-0.25, -0.2) is 4.79 Å². The number of piperidine rings is 1. The maximum absolute atomic E-state index is 11.7. The molecule has 1 aliphatic heterocycles. The van der Waals surface area contributed by atoms with Crippen molar-refractivity contribution in [1.82, 2.24) is 10.2 Å². The quantitative estimate of drug-likeness (QED) is 0.817. The molecule has 0 aromatic heterocycles. The summed E-state index contributed by atoms with van der Waals surface area (Å²) in [5, 5.41) is 6.28. The minimum atomic E-state index is -0.177. The number of hydrogen-bond acceptors (Lipinski definition) is 2. The van der Waals surface area contributed by atoms with Crippen molar-refractivity contribution in [1.29, 1.82) is 0 Å². The predicted octanol–water partition coefficient (Wildman–Crippen LogP) is 3.58. The van der Waals surface area contributed by atoms with E-state index in [0.29, 0.717) is 17.3 Å². The molecule has 1 aromatic rings. The number of benzene rings is 1. The first-order chi connectivity index (χ1) is 10.1. The molecule has 2 rings (SSSR count). The van der Waals surface area contributed by atoms with E-state index in [1.165, 1.54) is 25.9 Å². The van der Waals surface area contributed by atoms with Gasteiger partial charge < -0.3 is 15.5 Å². The smallest absolute Gasteiger partial charge is 0.319 e. The summed E-state index contributed by atoms with van der Waals surface area (Å²) >= 11 is 5.88. The summed E-state index contributed by atoms with van der Waals surface area (Å²) in [6.07, 6.45) is 3.62. The molecule has 4 nitrogen and oxygen atoms in total. The Hall–Kier alpha value is -1.26. The van der Waals surface area contributed by atoms with Crippen LogP contribution in [0.25, 0.3) is 0 Å². The lowest BCUT2D eigenvalue weighted by Crippen LogP contribution is -2.37. The van der Waals surface area contributed by atoms with E-state index in [-0.39, 0.29) is 6.03 Å². The normalized spacial score (nSPS) is 19.2. The number of urea groups is 1. The molecule has 1 heterocycles. The van der Waals surface area contributed by atoms with Crippen LogP contribution in [0.2, 0.25) is 5.02 Å². The first kappa shape index (κ1) is 16.1. The number of halogens is 1. The first-order valence-electron chi connectivity index (χ1n) is 7.66. The molecule has 1 saturated heterocycles. The minimum Gasteiger partial charge on any atom is -0.338 e. The van der Waals surface area contributed by atoms with Crippen molar-refractivity contribution >= 4 is 23.3 Å². The van der Waals surface area contributed by atoms with Crippen LogP contribution in [0.1, 0.15) is 26.2 Å². The van der Waals surface area contributed by atoms with Crippen LogP contribution in [0, 0.1) is 5.92 Å². The maximum atomic E-state index is 11.7. The predicted molar refractivity (Wildman–Crippen MR) is 87.9 cm³/mol. The molecule has 0 radical (unpaired) electrons. The van der Waals surface area contributed by atoms with E-state index in [0.717, 1.165) is 18.9 Å². The Morgan fingerprint density at radius 1 is 1.48 bits per heavy atom. The van der Waals surface area contributed by atoms with Gasteiger partial charge in [0.05, 0.1) is 0 Å². The average Bonchev–Trinajstić information content (AvgIpc) is 2.44. The van der Waals surface area contributed by atoms with Gasteiger partial charge in [0.25, 0.3) is 0 Å². The summed E-state index contributed by atoms with van der Waals surface area (Å²) in [7, 11) is 0. The van der Waals surface area contributed by atoms with Crippen LogP contribution >= 0.6 is 11.6 Å². The molecule has 0 unspecified atom stereocenters. The Bertz CT molecular complexity index is 467. The SMILES string of the molecule is C[C@@H]1CCCN(CCCNC(=O)Nc2cccc(Cl)c2)C1. The zero-order chi connectivity index (χ0) is 15.1. The third kappa shape index (κ3) is 5.94. The third-order valence-electron chi connectivity index (χ3n) is 3.76. The van der Waals surface area contributed by atoms with Gasteiger partial charge in [-0.2, -0.15) is 0 Å². The molecule has 5 heteroatoms. The number of carbonyl (C=O) groups excluding carboxylic acids is 1. The van der Waals surface area contributed by atoms with Gasteiger partial charge in [0.15, 0.2) is 0 Å². The number of nitrogens with one attached hydrogen (secondary N) is 2. The van der Waals surface area contributed by atoms with Gasteiger partial charge in [-0.05, 0) is 56.5 Å². The topological polar surface area (TPSA) is 44.4 Å². The van der Waals surface area contributed by atoms with Crippen molar-refractivity contribution < 1.29 is 4.79 Å². The second kappa shape index (κ2) is 8.25. The molecule has 1 atom stereocenters. The molecule has 21 heavy (non-hydrogen) atoms. The highest BCUT2D eigenvalue weighted by molar-refractivity contribution is 6.30. The lowest BCUT2D eigenvalue weighted by molar-refractivity contribution is 0.182. The van der Waals surface area contributed by atoms with Crippen molar-refractivity contribution in [3.8, 4) is 0 Å². The molecular weight excluding hydrogens is 286 g/mol. The largest absolute Gasteiger partial charge is 0.338 e. The summed E-state index contributed by atoms with van der Waals surface area (Å²) in [5.74, 6) is 0.804. The lowest BCUT2D eigenvalue weighted by atomic mass is 10.0. The van der Waals surface area contributed by atoms with E-state index in [9.17, 15) is 4.79 Å². The van der Waals surface area contributed by atoms with Gasteiger partial charge in [-0.1, -0.05) is 24.6 Å². The van der Waals surface area contributed by atoms with Gasteiger partial charge in [0.1, 0.15) is 0 Å². The molecule has 1 aliphatic rings. The van der Waals surface area contributed by atoms with E-state index in [1.54, 1.807) is 12.1 Å². The van der Waals surface area contributed by atoms with Crippen LogP contribution in [0.4, 0.5) is 10.5 Å². The van der Waals surface area contributed by atoms with Crippen LogP contribution in [0.3, 0.4) is 0 Å². The van der Waals surface area contributed by atoms with Crippen molar-refractivity contribution in [3.63, 3.8) is 0 Å². The second-order valence-electron chi connectivity index (χ2n) is 5.79. The van der Waals surface area contributed by atoms with Gasteiger partial charge in [-0.3, -0.25) is 0 Å². The zero-order valence-corrected chi connectivity index (χ0v) is 13.3. The number of carbonyl (C=O) groups is 1. The monoisotopic (exact) mass is 309 g/mol. The van der Waals surface area contributed by atoms with E-state index in [1.807, 2.05) is 12.1 Å². The molecule has 1 fully saturated rings. The fraction of sp³-hybridized carbons (Fsp3) is 0.562. The average molecular weight is 310 g/mol. The zero-order valence-electron chi connectivity index (χ0n) is 12.6. The van der Waals surface area contributed by atoms with Crippen LogP contribution in [0.5, 0.6) is 0 Å². The number of hydrogen-bond donors (Lipinski definition) is 2. The fourth-order valence-electron chi connectivity index (χ4n) is 2.74. The lowest BCUT2D eigenvalue weighted by Gasteiger charge is -2.30. The summed E-state index contributed by atoms with van der Waals surface area (Å²) in [6, 6.07) is 6.97. The molecular formula is C16H24ClN3O. The summed E-state index contributed by atoms with van der Waals surface area (Å²) < 4.78 is 0. The van der Waals surface area contributed by atoms with Crippen LogP contribution in [0.15, 0.2) is 24.3 Å². The third-order valence-corrected chi connectivity index (χ3v) is 4.00. The Kier molecular flexibility index (Phi) is 6.33. The number of nitrogens with zero attached hydrogens (tertiary/aromatic N) is 1. The van der Waals surface area contributed by atoms with E-state index in [4.69, 9.17) is 11.6 Å². The Morgan fingerprint density at radius 3 is 3.10 bits per heavy atom. The fourth-order valence-corrected chi connectivity index (χ4v) is 2.93. The Labute approximate surface area is 131 Å². The molecule has 2 N–H and O–H groups in total. The van der Waals surface area contributed by atoms with E-state index >= 15 is 0 Å². The number of likely N-dealkylation sites (tertiary alicyclic amines) is 1. The second-order valence-corrected chi connectivity index (χ2v) is 6.23. The van der Waals surface area contributed by atoms with Crippen LogP contribution in [-0.4, -0.2) is 37.1 Å². The van der Waals surface area contributed by atoms with Crippen LogP contribution in [-0.2, 0) is 0 Å². The van der Waals surface area contributed by atoms with Gasteiger partial charge in [-0.15, -0.1) is 0 Å². The molecule has 0 saturated carbocycles. The summed E-state index contributed by atoms with van der Waals surface area (Å²) in [4.78, 5) is 14.2. The molecule has 0 aliphatic carbocycles. The molecule has 116 valence electrons. The van der Waals surface area contributed by atoms with Crippen molar-refractivity contribution in [3.05, 3.63) is 29.3 Å². The molecule has 0 bridgehead atoms. The molecule has 1 aromatic carbocycles. The van der Waals surface area contributed by atoms with E-state index < -0.39 is 0 Å². The standard InChI is InChI=1S/C16H24ClN3O/c1-13-5-3-9-20(12-13)10-4-8-18-16(21)19-15-7-2-6-14(17)11-15/h2,6-7,11,13H,3-5,8-10,12H2,1H3,(H2,18,19,21)/t13-/m1/s1. The van der Waals surface area contributed by atoms with Crippen LogP contribution < -0.4 is 10.6 Å². The maximum Gasteiger partial charge on any atom is 0.319 e. The molecule has 0 spiro atoms. The Balaban J connectivity index is 1.61. The minimum absolute atomic E-state index is 0.177.